The fourth-order valence-electron chi connectivity index (χ4n) is 0.683. The predicted molar refractivity (Wildman–Crippen MR) is 36.9 cm³/mol. The molecule has 10 heavy (non-hydrogen) atoms. The van der Waals surface area contributed by atoms with E-state index in [2.05, 4.69) is 0 Å². The molecule has 0 aliphatic rings. The maximum Gasteiger partial charge on any atom is 0.275 e. The highest BCUT2D eigenvalue weighted by atomic mass is 16.7. The first kappa shape index (κ1) is 9.84. The van der Waals surface area contributed by atoms with Gasteiger partial charge in [0, 0.05) is 6.42 Å². The molecule has 0 radical (unpaired) electrons. The van der Waals surface area contributed by atoms with Gasteiger partial charge in [0.15, 0.2) is 0 Å². The molecule has 0 aliphatic heterocycles. The summed E-state index contributed by atoms with van der Waals surface area (Å²) in [6.45, 7) is 0.606. The zero-order valence-corrected chi connectivity index (χ0v) is 5.95. The summed E-state index contributed by atoms with van der Waals surface area (Å²) in [4.78, 5) is 0. The molecule has 0 aromatic heterocycles. The van der Waals surface area contributed by atoms with Crippen molar-refractivity contribution in [2.75, 3.05) is 6.54 Å². The number of rotatable bonds is 5. The number of aliphatic hydroxyl groups is 3. The Morgan fingerprint density at radius 2 is 1.60 bits per heavy atom. The van der Waals surface area contributed by atoms with E-state index in [0.717, 1.165) is 12.8 Å². The van der Waals surface area contributed by atoms with Crippen molar-refractivity contribution in [1.29, 1.82) is 0 Å². The van der Waals surface area contributed by atoms with Gasteiger partial charge >= 0.3 is 0 Å². The second kappa shape index (κ2) is 4.62. The lowest BCUT2D eigenvalue weighted by Crippen LogP contribution is -2.26. The molecule has 0 spiro atoms. The maximum absolute atomic E-state index is 8.40. The van der Waals surface area contributed by atoms with Crippen molar-refractivity contribution < 1.29 is 15.3 Å². The summed E-state index contributed by atoms with van der Waals surface area (Å²) in [5.41, 5.74) is 5.19. The molecule has 62 valence electrons. The fraction of sp³-hybridized carbons (Fsp3) is 1.00. The number of nitrogens with two attached hydrogens (primary N) is 1. The van der Waals surface area contributed by atoms with Crippen LogP contribution in [0.3, 0.4) is 0 Å². The highest BCUT2D eigenvalue weighted by Gasteiger charge is 2.15. The van der Waals surface area contributed by atoms with E-state index in [1.54, 1.807) is 0 Å². The van der Waals surface area contributed by atoms with Crippen molar-refractivity contribution in [1.82, 2.24) is 0 Å². The Balaban J connectivity index is 3.04. The molecule has 0 atom stereocenters. The van der Waals surface area contributed by atoms with Crippen molar-refractivity contribution >= 4 is 0 Å². The van der Waals surface area contributed by atoms with E-state index >= 15 is 0 Å². The molecule has 0 bridgehead atoms. The van der Waals surface area contributed by atoms with Crippen LogP contribution in [0.25, 0.3) is 0 Å². The van der Waals surface area contributed by atoms with Crippen LogP contribution in [0, 0.1) is 0 Å². The van der Waals surface area contributed by atoms with Crippen molar-refractivity contribution in [2.24, 2.45) is 5.73 Å². The second-order valence-electron chi connectivity index (χ2n) is 2.37. The molecule has 4 nitrogen and oxygen atoms in total. The van der Waals surface area contributed by atoms with Gasteiger partial charge in [-0.2, -0.15) is 0 Å². The third kappa shape index (κ3) is 7.84. The van der Waals surface area contributed by atoms with Gasteiger partial charge in [-0.15, -0.1) is 0 Å². The molecular weight excluding hydrogens is 134 g/mol. The summed E-state index contributed by atoms with van der Waals surface area (Å²) in [6, 6.07) is 0. The van der Waals surface area contributed by atoms with Gasteiger partial charge in [0.25, 0.3) is 5.97 Å². The number of hydrogen-bond donors (Lipinski definition) is 4. The first-order valence-electron chi connectivity index (χ1n) is 3.43. The average molecular weight is 149 g/mol. The van der Waals surface area contributed by atoms with E-state index in [1.165, 1.54) is 0 Å². The highest BCUT2D eigenvalue weighted by Crippen LogP contribution is 2.07. The standard InChI is InChI=1S/C6H15NO3/c7-5-3-1-2-4-6(8,9)10/h8-10H,1-5,7H2. The van der Waals surface area contributed by atoms with Crippen molar-refractivity contribution in [2.45, 2.75) is 31.7 Å². The first-order valence-corrected chi connectivity index (χ1v) is 3.43. The molecule has 0 saturated carbocycles. The smallest absolute Gasteiger partial charge is 0.275 e. The zero-order chi connectivity index (χ0) is 8.04. The Morgan fingerprint density at radius 1 is 1.00 bits per heavy atom. The van der Waals surface area contributed by atoms with Gasteiger partial charge in [0.05, 0.1) is 0 Å². The summed E-state index contributed by atoms with van der Waals surface area (Å²) >= 11 is 0. The van der Waals surface area contributed by atoms with Crippen LogP contribution in [0.15, 0.2) is 0 Å². The Morgan fingerprint density at radius 3 is 2.00 bits per heavy atom. The molecule has 0 unspecified atom stereocenters. The topological polar surface area (TPSA) is 86.7 Å². The van der Waals surface area contributed by atoms with Crippen LogP contribution < -0.4 is 5.73 Å². The minimum atomic E-state index is -2.49. The summed E-state index contributed by atoms with van der Waals surface area (Å²) in [5.74, 6) is -2.49. The molecule has 0 heterocycles. The van der Waals surface area contributed by atoms with Gasteiger partial charge in [0.2, 0.25) is 0 Å². The van der Waals surface area contributed by atoms with Gasteiger partial charge in [-0.1, -0.05) is 6.42 Å². The van der Waals surface area contributed by atoms with Crippen LogP contribution in [0.4, 0.5) is 0 Å². The molecular formula is C6H15NO3. The van der Waals surface area contributed by atoms with Crippen LogP contribution in [0.5, 0.6) is 0 Å². The fourth-order valence-corrected chi connectivity index (χ4v) is 0.683. The van der Waals surface area contributed by atoms with Gasteiger partial charge in [-0.05, 0) is 19.4 Å². The molecule has 5 N–H and O–H groups in total. The number of unbranched alkanes of at least 4 members (excludes halogenated alkanes) is 2. The highest BCUT2D eigenvalue weighted by molar-refractivity contribution is 4.49. The monoisotopic (exact) mass is 149 g/mol. The summed E-state index contributed by atoms with van der Waals surface area (Å²) in [6.07, 6.45) is 2.25. The molecule has 0 aromatic carbocycles. The minimum absolute atomic E-state index is 0.00694. The third-order valence-corrected chi connectivity index (χ3v) is 1.22. The van der Waals surface area contributed by atoms with Gasteiger partial charge in [-0.3, -0.25) is 0 Å². The van der Waals surface area contributed by atoms with Gasteiger partial charge in [-0.25, -0.2) is 0 Å². The van der Waals surface area contributed by atoms with E-state index in [1.807, 2.05) is 0 Å². The quantitative estimate of drug-likeness (QED) is 0.302. The lowest BCUT2D eigenvalue weighted by Gasteiger charge is -2.12. The van der Waals surface area contributed by atoms with Crippen LogP contribution in [-0.4, -0.2) is 27.8 Å². The minimum Gasteiger partial charge on any atom is -0.344 e. The summed E-state index contributed by atoms with van der Waals surface area (Å²) in [7, 11) is 0. The molecule has 0 rings (SSSR count). The molecule has 0 aliphatic carbocycles. The molecule has 0 aromatic rings. The van der Waals surface area contributed by atoms with Crippen LogP contribution in [0.2, 0.25) is 0 Å². The van der Waals surface area contributed by atoms with E-state index in [-0.39, 0.29) is 6.42 Å². The summed E-state index contributed by atoms with van der Waals surface area (Å²) < 4.78 is 0. The van der Waals surface area contributed by atoms with E-state index in [0.29, 0.717) is 13.0 Å². The van der Waals surface area contributed by atoms with E-state index in [4.69, 9.17) is 21.1 Å². The van der Waals surface area contributed by atoms with E-state index < -0.39 is 5.97 Å². The van der Waals surface area contributed by atoms with Crippen molar-refractivity contribution in [3.63, 3.8) is 0 Å². The lowest BCUT2D eigenvalue weighted by molar-refractivity contribution is -0.315. The second-order valence-corrected chi connectivity index (χ2v) is 2.37. The molecule has 0 amide bonds. The zero-order valence-electron chi connectivity index (χ0n) is 5.95. The Kier molecular flexibility index (Phi) is 4.55. The predicted octanol–water partition coefficient (Wildman–Crippen LogP) is -0.864. The largest absolute Gasteiger partial charge is 0.344 e. The third-order valence-electron chi connectivity index (χ3n) is 1.22. The van der Waals surface area contributed by atoms with Crippen LogP contribution in [-0.2, 0) is 0 Å². The van der Waals surface area contributed by atoms with Gasteiger partial charge < -0.3 is 21.1 Å². The SMILES string of the molecule is NCCCCCC(O)(O)O. The van der Waals surface area contributed by atoms with Gasteiger partial charge in [0.1, 0.15) is 0 Å². The Hall–Kier alpha value is -0.160. The Labute approximate surface area is 60.3 Å². The first-order chi connectivity index (χ1) is 4.56. The average Bonchev–Trinajstić information content (AvgIpc) is 1.78. The number of hydrogen-bond acceptors (Lipinski definition) is 4. The molecule has 0 fully saturated rings. The normalized spacial score (nSPS) is 12.0. The molecule has 0 saturated heterocycles. The maximum atomic E-state index is 8.40. The lowest BCUT2D eigenvalue weighted by atomic mass is 10.2. The summed E-state index contributed by atoms with van der Waals surface area (Å²) in [5, 5.41) is 25.2. The molecule has 4 heteroatoms. The van der Waals surface area contributed by atoms with E-state index in [9.17, 15) is 0 Å². The van der Waals surface area contributed by atoms with Crippen LogP contribution in [0.1, 0.15) is 25.7 Å². The van der Waals surface area contributed by atoms with Crippen molar-refractivity contribution in [3.8, 4) is 0 Å². The van der Waals surface area contributed by atoms with Crippen molar-refractivity contribution in [3.05, 3.63) is 0 Å². The Bertz CT molecular complexity index is 79.6. The van der Waals surface area contributed by atoms with Crippen LogP contribution >= 0.6 is 0 Å².